The molecule has 7 heteroatoms. The number of hydrogen-bond acceptors (Lipinski definition) is 4. The van der Waals surface area contributed by atoms with Crippen LogP contribution < -0.4 is 10.6 Å². The van der Waals surface area contributed by atoms with E-state index in [4.69, 9.17) is 4.98 Å². The molecule has 0 spiro atoms. The lowest BCUT2D eigenvalue weighted by Gasteiger charge is -2.28. The van der Waals surface area contributed by atoms with Crippen molar-refractivity contribution in [2.24, 2.45) is 0 Å². The standard InChI is InChI=1S/C19H22N4O2S/c1-23(11-18-21-14-8-4-5-9-16(14)26-18)19(25)22-15-10-17(24)20-13-7-3-2-6-12(13)15/h2-3,6-7,15H,4-5,8-11H2,1H3,(H,20,24)(H,22,25)/t15-/m0/s1. The van der Waals surface area contributed by atoms with E-state index < -0.39 is 0 Å². The van der Waals surface area contributed by atoms with Crippen LogP contribution in [0.2, 0.25) is 0 Å². The lowest BCUT2D eigenvalue weighted by atomic mass is 9.97. The molecule has 3 amide bonds. The first-order valence-electron chi connectivity index (χ1n) is 8.98. The molecule has 6 nitrogen and oxygen atoms in total. The highest BCUT2D eigenvalue weighted by molar-refractivity contribution is 7.11. The Morgan fingerprint density at radius 3 is 3.00 bits per heavy atom. The van der Waals surface area contributed by atoms with Gasteiger partial charge in [0.25, 0.3) is 0 Å². The quantitative estimate of drug-likeness (QED) is 0.871. The maximum Gasteiger partial charge on any atom is 0.318 e. The van der Waals surface area contributed by atoms with Crippen LogP contribution in [0.1, 0.15) is 46.4 Å². The number of rotatable bonds is 3. The van der Waals surface area contributed by atoms with E-state index in [9.17, 15) is 9.59 Å². The molecule has 1 aliphatic carbocycles. The first kappa shape index (κ1) is 17.0. The van der Waals surface area contributed by atoms with Crippen molar-refractivity contribution in [1.82, 2.24) is 15.2 Å². The molecule has 1 aromatic heterocycles. The molecule has 0 bridgehead atoms. The highest BCUT2D eigenvalue weighted by Crippen LogP contribution is 2.30. The van der Waals surface area contributed by atoms with E-state index in [1.807, 2.05) is 24.3 Å². The second-order valence-electron chi connectivity index (χ2n) is 6.88. The molecule has 1 atom stereocenters. The van der Waals surface area contributed by atoms with Gasteiger partial charge < -0.3 is 15.5 Å². The number of para-hydroxylation sites is 1. The van der Waals surface area contributed by atoms with Crippen molar-refractivity contribution < 1.29 is 9.59 Å². The largest absolute Gasteiger partial charge is 0.331 e. The van der Waals surface area contributed by atoms with Gasteiger partial charge in [0.2, 0.25) is 5.91 Å². The van der Waals surface area contributed by atoms with Crippen LogP contribution in [0.3, 0.4) is 0 Å². The number of amides is 3. The molecule has 4 rings (SSSR count). The SMILES string of the molecule is CN(Cc1nc2c(s1)CCCC2)C(=O)N[C@H]1CC(=O)Nc2ccccc21. The minimum atomic E-state index is -0.306. The van der Waals surface area contributed by atoms with Crippen LogP contribution >= 0.6 is 11.3 Å². The average molecular weight is 370 g/mol. The Morgan fingerprint density at radius 1 is 1.35 bits per heavy atom. The fourth-order valence-corrected chi connectivity index (χ4v) is 4.76. The number of hydrogen-bond donors (Lipinski definition) is 2. The number of fused-ring (bicyclic) bond motifs is 2. The summed E-state index contributed by atoms with van der Waals surface area (Å²) < 4.78 is 0. The fourth-order valence-electron chi connectivity index (χ4n) is 3.55. The molecule has 0 fully saturated rings. The van der Waals surface area contributed by atoms with E-state index in [1.165, 1.54) is 23.4 Å². The fraction of sp³-hybridized carbons (Fsp3) is 0.421. The van der Waals surface area contributed by atoms with Crippen LogP contribution in [-0.2, 0) is 24.2 Å². The van der Waals surface area contributed by atoms with Gasteiger partial charge >= 0.3 is 6.03 Å². The third kappa shape index (κ3) is 3.44. The Balaban J connectivity index is 1.43. The van der Waals surface area contributed by atoms with Gasteiger partial charge in [0.1, 0.15) is 5.01 Å². The molecule has 1 aromatic carbocycles. The van der Waals surface area contributed by atoms with E-state index in [0.717, 1.165) is 29.1 Å². The number of thiazole rings is 1. The summed E-state index contributed by atoms with van der Waals surface area (Å²) >= 11 is 1.72. The van der Waals surface area contributed by atoms with Crippen LogP contribution in [0.15, 0.2) is 24.3 Å². The maximum atomic E-state index is 12.6. The molecule has 0 unspecified atom stereocenters. The molecule has 0 saturated heterocycles. The number of anilines is 1. The summed E-state index contributed by atoms with van der Waals surface area (Å²) in [6.07, 6.45) is 4.85. The summed E-state index contributed by atoms with van der Waals surface area (Å²) in [6.45, 7) is 0.490. The normalized spacial score (nSPS) is 18.5. The Labute approximate surface area is 156 Å². The second-order valence-corrected chi connectivity index (χ2v) is 8.05. The summed E-state index contributed by atoms with van der Waals surface area (Å²) in [6, 6.07) is 7.09. The van der Waals surface area contributed by atoms with Crippen molar-refractivity contribution in [3.63, 3.8) is 0 Å². The molecule has 2 heterocycles. The van der Waals surface area contributed by atoms with Crippen LogP contribution in [-0.4, -0.2) is 28.9 Å². The number of nitrogens with one attached hydrogen (secondary N) is 2. The Morgan fingerprint density at radius 2 is 2.15 bits per heavy atom. The first-order chi connectivity index (χ1) is 12.6. The first-order valence-corrected chi connectivity index (χ1v) is 9.79. The summed E-state index contributed by atoms with van der Waals surface area (Å²) in [7, 11) is 1.77. The van der Waals surface area contributed by atoms with E-state index in [2.05, 4.69) is 10.6 Å². The van der Waals surface area contributed by atoms with Crippen molar-refractivity contribution in [3.05, 3.63) is 45.4 Å². The van der Waals surface area contributed by atoms with E-state index >= 15 is 0 Å². The summed E-state index contributed by atoms with van der Waals surface area (Å²) in [5.41, 5.74) is 2.92. The minimum absolute atomic E-state index is 0.0794. The van der Waals surface area contributed by atoms with Crippen LogP contribution in [0.4, 0.5) is 10.5 Å². The zero-order valence-electron chi connectivity index (χ0n) is 14.7. The number of aromatic nitrogens is 1. The molecular formula is C19H22N4O2S. The lowest BCUT2D eigenvalue weighted by Crippen LogP contribution is -2.41. The van der Waals surface area contributed by atoms with Gasteiger partial charge in [0.15, 0.2) is 0 Å². The topological polar surface area (TPSA) is 74.3 Å². The van der Waals surface area contributed by atoms with E-state index in [1.54, 1.807) is 23.3 Å². The molecule has 136 valence electrons. The minimum Gasteiger partial charge on any atom is -0.331 e. The number of urea groups is 1. The molecule has 26 heavy (non-hydrogen) atoms. The summed E-state index contributed by atoms with van der Waals surface area (Å²) in [5, 5.41) is 6.82. The number of carbonyl (C=O) groups excluding carboxylic acids is 2. The molecule has 1 aliphatic heterocycles. The molecule has 2 aromatic rings. The number of benzene rings is 1. The van der Waals surface area contributed by atoms with Crippen molar-refractivity contribution >= 4 is 29.0 Å². The van der Waals surface area contributed by atoms with Gasteiger partial charge in [-0.15, -0.1) is 11.3 Å². The zero-order chi connectivity index (χ0) is 18.1. The van der Waals surface area contributed by atoms with Gasteiger partial charge in [-0.3, -0.25) is 4.79 Å². The zero-order valence-corrected chi connectivity index (χ0v) is 15.6. The molecule has 2 aliphatic rings. The Bertz CT molecular complexity index is 824. The number of aryl methyl sites for hydroxylation is 2. The van der Waals surface area contributed by atoms with Crippen molar-refractivity contribution in [3.8, 4) is 0 Å². The van der Waals surface area contributed by atoms with Crippen molar-refractivity contribution in [1.29, 1.82) is 0 Å². The smallest absolute Gasteiger partial charge is 0.318 e. The van der Waals surface area contributed by atoms with E-state index in [-0.39, 0.29) is 24.4 Å². The third-order valence-electron chi connectivity index (χ3n) is 4.91. The third-order valence-corrected chi connectivity index (χ3v) is 6.05. The van der Waals surface area contributed by atoms with Gasteiger partial charge in [0, 0.05) is 17.6 Å². The second kappa shape index (κ2) is 7.07. The van der Waals surface area contributed by atoms with Crippen LogP contribution in [0.5, 0.6) is 0 Å². The van der Waals surface area contributed by atoms with Crippen LogP contribution in [0, 0.1) is 0 Å². The number of carbonyl (C=O) groups is 2. The summed E-state index contributed by atoms with van der Waals surface area (Å²) in [5.74, 6) is -0.0794. The average Bonchev–Trinajstić information content (AvgIpc) is 3.03. The maximum absolute atomic E-state index is 12.6. The van der Waals surface area contributed by atoms with Crippen molar-refractivity contribution in [2.45, 2.75) is 44.7 Å². The summed E-state index contributed by atoms with van der Waals surface area (Å²) in [4.78, 5) is 32.3. The van der Waals surface area contributed by atoms with Gasteiger partial charge in [-0.2, -0.15) is 0 Å². The lowest BCUT2D eigenvalue weighted by molar-refractivity contribution is -0.116. The molecule has 2 N–H and O–H groups in total. The van der Waals surface area contributed by atoms with Gasteiger partial charge in [-0.25, -0.2) is 9.78 Å². The highest BCUT2D eigenvalue weighted by Gasteiger charge is 2.27. The van der Waals surface area contributed by atoms with E-state index in [0.29, 0.717) is 6.54 Å². The van der Waals surface area contributed by atoms with Gasteiger partial charge in [-0.05, 0) is 37.3 Å². The molecular weight excluding hydrogens is 348 g/mol. The molecule has 0 saturated carbocycles. The molecule has 0 radical (unpaired) electrons. The van der Waals surface area contributed by atoms with Gasteiger partial charge in [-0.1, -0.05) is 18.2 Å². The van der Waals surface area contributed by atoms with Gasteiger partial charge in [0.05, 0.1) is 24.7 Å². The van der Waals surface area contributed by atoms with Crippen LogP contribution in [0.25, 0.3) is 0 Å². The Hall–Kier alpha value is -2.41. The predicted molar refractivity (Wildman–Crippen MR) is 101 cm³/mol. The monoisotopic (exact) mass is 370 g/mol. The Kier molecular flexibility index (Phi) is 4.63. The van der Waals surface area contributed by atoms with Crippen molar-refractivity contribution in [2.75, 3.05) is 12.4 Å². The highest BCUT2D eigenvalue weighted by atomic mass is 32.1. The predicted octanol–water partition coefficient (Wildman–Crippen LogP) is 3.25. The number of nitrogens with zero attached hydrogens (tertiary/aromatic N) is 2.